The highest BCUT2D eigenvalue weighted by Crippen LogP contribution is 2.28. The Labute approximate surface area is 128 Å². The highest BCUT2D eigenvalue weighted by Gasteiger charge is 2.24. The third kappa shape index (κ3) is 2.88. The molecule has 0 radical (unpaired) electrons. The van der Waals surface area contributed by atoms with Crippen LogP contribution in [0.4, 0.5) is 11.5 Å². The minimum Gasteiger partial charge on any atom is -0.357 e. The van der Waals surface area contributed by atoms with E-state index in [-0.39, 0.29) is 5.69 Å². The van der Waals surface area contributed by atoms with Crippen LogP contribution in [0.25, 0.3) is 0 Å². The van der Waals surface area contributed by atoms with E-state index in [4.69, 9.17) is 0 Å². The predicted octanol–water partition coefficient (Wildman–Crippen LogP) is 2.47. The predicted molar refractivity (Wildman–Crippen MR) is 81.8 cm³/mol. The van der Waals surface area contributed by atoms with Crippen molar-refractivity contribution >= 4 is 11.5 Å². The van der Waals surface area contributed by atoms with E-state index >= 15 is 0 Å². The van der Waals surface area contributed by atoms with E-state index in [0.717, 1.165) is 37.6 Å². The van der Waals surface area contributed by atoms with Gasteiger partial charge in [-0.2, -0.15) is 0 Å². The number of pyridine rings is 1. The van der Waals surface area contributed by atoms with Gasteiger partial charge in [-0.05, 0) is 31.9 Å². The van der Waals surface area contributed by atoms with Gasteiger partial charge in [0.05, 0.1) is 4.92 Å². The van der Waals surface area contributed by atoms with Crippen LogP contribution in [-0.4, -0.2) is 33.0 Å². The largest absolute Gasteiger partial charge is 0.357 e. The molecule has 114 valence electrons. The highest BCUT2D eigenvalue weighted by atomic mass is 16.6. The minimum atomic E-state index is -0.398. The van der Waals surface area contributed by atoms with Crippen LogP contribution in [0.5, 0.6) is 0 Å². The van der Waals surface area contributed by atoms with Crippen LogP contribution in [0.2, 0.25) is 0 Å². The summed E-state index contributed by atoms with van der Waals surface area (Å²) < 4.78 is 0. The summed E-state index contributed by atoms with van der Waals surface area (Å²) in [4.78, 5) is 25.6. The third-order valence-electron chi connectivity index (χ3n) is 4.01. The Morgan fingerprint density at radius 2 is 1.91 bits per heavy atom. The van der Waals surface area contributed by atoms with Crippen molar-refractivity contribution in [2.45, 2.75) is 25.7 Å². The smallest absolute Gasteiger partial charge is 0.290 e. The average molecular weight is 299 g/mol. The SMILES string of the molecule is Cc1nc(N2CCC(c3ncccn3)CC2)ccc1[N+](=O)[O-]. The van der Waals surface area contributed by atoms with Gasteiger partial charge in [0.1, 0.15) is 17.3 Å². The number of nitrogens with zero attached hydrogens (tertiary/aromatic N) is 5. The van der Waals surface area contributed by atoms with Crippen LogP contribution in [0.3, 0.4) is 0 Å². The molecule has 22 heavy (non-hydrogen) atoms. The molecule has 0 bridgehead atoms. The first-order valence-electron chi connectivity index (χ1n) is 7.29. The van der Waals surface area contributed by atoms with Crippen LogP contribution >= 0.6 is 0 Å². The number of rotatable bonds is 3. The molecule has 2 aromatic heterocycles. The Kier molecular flexibility index (Phi) is 3.95. The van der Waals surface area contributed by atoms with Crippen molar-refractivity contribution in [3.8, 4) is 0 Å². The van der Waals surface area contributed by atoms with Crippen molar-refractivity contribution in [3.05, 3.63) is 52.2 Å². The maximum atomic E-state index is 10.8. The molecule has 0 atom stereocenters. The van der Waals surface area contributed by atoms with Gasteiger partial charge in [-0.3, -0.25) is 10.1 Å². The van der Waals surface area contributed by atoms with Crippen LogP contribution in [0.1, 0.15) is 30.3 Å². The monoisotopic (exact) mass is 299 g/mol. The Balaban J connectivity index is 1.69. The highest BCUT2D eigenvalue weighted by molar-refractivity contribution is 5.47. The van der Waals surface area contributed by atoms with Crippen LogP contribution in [0, 0.1) is 17.0 Å². The zero-order chi connectivity index (χ0) is 15.5. The second kappa shape index (κ2) is 6.05. The van der Waals surface area contributed by atoms with Gasteiger partial charge in [-0.1, -0.05) is 0 Å². The maximum absolute atomic E-state index is 10.8. The molecule has 7 heteroatoms. The summed E-state index contributed by atoms with van der Waals surface area (Å²) in [6, 6.07) is 5.08. The topological polar surface area (TPSA) is 85.0 Å². The number of piperidine rings is 1. The van der Waals surface area contributed by atoms with Gasteiger partial charge in [0, 0.05) is 37.5 Å². The molecule has 0 amide bonds. The average Bonchev–Trinajstić information content (AvgIpc) is 2.55. The Morgan fingerprint density at radius 1 is 1.23 bits per heavy atom. The number of hydrogen-bond donors (Lipinski definition) is 0. The lowest BCUT2D eigenvalue weighted by Crippen LogP contribution is -2.34. The fourth-order valence-electron chi connectivity index (χ4n) is 2.80. The van der Waals surface area contributed by atoms with Gasteiger partial charge in [-0.15, -0.1) is 0 Å². The number of aromatic nitrogens is 3. The van der Waals surface area contributed by atoms with Crippen LogP contribution in [0.15, 0.2) is 30.6 Å². The molecule has 1 aliphatic heterocycles. The van der Waals surface area contributed by atoms with Gasteiger partial charge in [0.25, 0.3) is 5.69 Å². The molecule has 0 unspecified atom stereocenters. The van der Waals surface area contributed by atoms with E-state index in [1.165, 1.54) is 6.07 Å². The van der Waals surface area contributed by atoms with Crippen molar-refractivity contribution in [1.82, 2.24) is 15.0 Å². The number of hydrogen-bond acceptors (Lipinski definition) is 6. The van der Waals surface area contributed by atoms with E-state index in [1.807, 2.05) is 6.07 Å². The Hall–Kier alpha value is -2.57. The zero-order valence-electron chi connectivity index (χ0n) is 12.3. The second-order valence-corrected chi connectivity index (χ2v) is 5.40. The maximum Gasteiger partial charge on any atom is 0.290 e. The summed E-state index contributed by atoms with van der Waals surface area (Å²) in [5.41, 5.74) is 0.521. The molecule has 0 N–H and O–H groups in total. The van der Waals surface area contributed by atoms with Gasteiger partial charge in [0.2, 0.25) is 0 Å². The lowest BCUT2D eigenvalue weighted by atomic mass is 9.96. The summed E-state index contributed by atoms with van der Waals surface area (Å²) in [6.07, 6.45) is 5.47. The van der Waals surface area contributed by atoms with Crippen LogP contribution < -0.4 is 4.90 Å². The van der Waals surface area contributed by atoms with Crippen molar-refractivity contribution in [2.24, 2.45) is 0 Å². The number of nitro groups is 1. The van der Waals surface area contributed by atoms with Crippen molar-refractivity contribution in [1.29, 1.82) is 0 Å². The number of anilines is 1. The van der Waals surface area contributed by atoms with E-state index in [0.29, 0.717) is 11.6 Å². The standard InChI is InChI=1S/C15H17N5O2/c1-11-13(20(21)22)3-4-14(18-11)19-9-5-12(6-10-19)15-16-7-2-8-17-15/h2-4,7-8,12H,5-6,9-10H2,1H3. The Morgan fingerprint density at radius 3 is 2.50 bits per heavy atom. The molecule has 0 aliphatic carbocycles. The molecule has 1 saturated heterocycles. The third-order valence-corrected chi connectivity index (χ3v) is 4.01. The first-order valence-corrected chi connectivity index (χ1v) is 7.29. The molecular formula is C15H17N5O2. The molecule has 2 aromatic rings. The quantitative estimate of drug-likeness (QED) is 0.639. The van der Waals surface area contributed by atoms with Crippen LogP contribution in [-0.2, 0) is 0 Å². The first-order chi connectivity index (χ1) is 10.6. The summed E-state index contributed by atoms with van der Waals surface area (Å²) in [6.45, 7) is 3.38. The van der Waals surface area contributed by atoms with E-state index < -0.39 is 4.92 Å². The Bertz CT molecular complexity index is 669. The summed E-state index contributed by atoms with van der Waals surface area (Å²) in [5, 5.41) is 10.8. The fourth-order valence-corrected chi connectivity index (χ4v) is 2.80. The minimum absolute atomic E-state index is 0.0660. The summed E-state index contributed by atoms with van der Waals surface area (Å²) in [5.74, 6) is 2.07. The molecule has 0 saturated carbocycles. The van der Waals surface area contributed by atoms with Gasteiger partial charge < -0.3 is 4.90 Å². The van der Waals surface area contributed by atoms with Crippen molar-refractivity contribution in [3.63, 3.8) is 0 Å². The molecular weight excluding hydrogens is 282 g/mol. The molecule has 3 rings (SSSR count). The molecule has 1 aliphatic rings. The van der Waals surface area contributed by atoms with Gasteiger partial charge in [-0.25, -0.2) is 15.0 Å². The lowest BCUT2D eigenvalue weighted by Gasteiger charge is -2.32. The van der Waals surface area contributed by atoms with E-state index in [1.54, 1.807) is 25.4 Å². The second-order valence-electron chi connectivity index (χ2n) is 5.40. The van der Waals surface area contributed by atoms with Gasteiger partial charge in [0.15, 0.2) is 0 Å². The van der Waals surface area contributed by atoms with Crippen molar-refractivity contribution < 1.29 is 4.92 Å². The summed E-state index contributed by atoms with van der Waals surface area (Å²) in [7, 11) is 0. The molecule has 0 aromatic carbocycles. The first kappa shape index (κ1) is 14.4. The fraction of sp³-hybridized carbons (Fsp3) is 0.400. The van der Waals surface area contributed by atoms with E-state index in [2.05, 4.69) is 19.9 Å². The molecule has 7 nitrogen and oxygen atoms in total. The molecule has 0 spiro atoms. The summed E-state index contributed by atoms with van der Waals surface area (Å²) >= 11 is 0. The number of aryl methyl sites for hydroxylation is 1. The molecule has 3 heterocycles. The van der Waals surface area contributed by atoms with Gasteiger partial charge >= 0.3 is 0 Å². The zero-order valence-corrected chi connectivity index (χ0v) is 12.3. The molecule has 1 fully saturated rings. The van der Waals surface area contributed by atoms with Crippen molar-refractivity contribution in [2.75, 3.05) is 18.0 Å². The van der Waals surface area contributed by atoms with E-state index in [9.17, 15) is 10.1 Å². The normalized spacial score (nSPS) is 15.8. The lowest BCUT2D eigenvalue weighted by molar-refractivity contribution is -0.385.